The van der Waals surface area contributed by atoms with Crippen molar-refractivity contribution in [2.24, 2.45) is 0 Å². The first-order valence-electron chi connectivity index (χ1n) is 9.57. The van der Waals surface area contributed by atoms with Gasteiger partial charge in [-0.2, -0.15) is 0 Å². The van der Waals surface area contributed by atoms with E-state index in [0.29, 0.717) is 28.4 Å². The molecule has 0 aliphatic carbocycles. The summed E-state index contributed by atoms with van der Waals surface area (Å²) < 4.78 is 21.6. The van der Waals surface area contributed by atoms with Crippen LogP contribution in [-0.4, -0.2) is 26.0 Å². The Hall–Kier alpha value is -4.06. The van der Waals surface area contributed by atoms with Crippen molar-refractivity contribution in [3.05, 3.63) is 88.7 Å². The van der Waals surface area contributed by atoms with Crippen LogP contribution in [0.15, 0.2) is 66.4 Å². The first-order valence-corrected chi connectivity index (χ1v) is 9.57. The van der Waals surface area contributed by atoms with Gasteiger partial charge in [-0.05, 0) is 48.9 Å². The third-order valence-corrected chi connectivity index (χ3v) is 4.81. The van der Waals surface area contributed by atoms with Gasteiger partial charge in [0.1, 0.15) is 11.5 Å². The maximum absolute atomic E-state index is 12.6. The highest BCUT2D eigenvalue weighted by molar-refractivity contribution is 6.14. The number of esters is 1. The molecule has 0 amide bonds. The molecular formula is C25H20O6. The third kappa shape index (κ3) is 4.14. The molecule has 6 heteroatoms. The standard InChI is InChI=1S/C25H20O6/c1-15-5-4-6-16(11-15)12-23-24(26)19-9-8-18(14-21(19)31-23)30-25(27)17-7-10-20(28-2)22(13-17)29-3/h4-14H,1-3H3/b23-12-. The van der Waals surface area contributed by atoms with Crippen molar-refractivity contribution in [2.45, 2.75) is 6.92 Å². The van der Waals surface area contributed by atoms with Gasteiger partial charge in [-0.3, -0.25) is 4.79 Å². The first kappa shape index (κ1) is 20.2. The number of ether oxygens (including phenoxy) is 4. The van der Waals surface area contributed by atoms with E-state index in [9.17, 15) is 9.59 Å². The monoisotopic (exact) mass is 416 g/mol. The number of carbonyl (C=O) groups is 2. The van der Waals surface area contributed by atoms with E-state index in [1.165, 1.54) is 26.4 Å². The highest BCUT2D eigenvalue weighted by atomic mass is 16.5. The molecule has 0 N–H and O–H groups in total. The molecule has 0 aromatic heterocycles. The number of allylic oxidation sites excluding steroid dienone is 1. The van der Waals surface area contributed by atoms with Crippen molar-refractivity contribution in [1.82, 2.24) is 0 Å². The molecule has 4 rings (SSSR count). The molecule has 156 valence electrons. The number of carbonyl (C=O) groups excluding carboxylic acids is 2. The minimum absolute atomic E-state index is 0.214. The second-order valence-corrected chi connectivity index (χ2v) is 6.97. The Labute approximate surface area is 179 Å². The second kappa shape index (κ2) is 8.36. The molecule has 31 heavy (non-hydrogen) atoms. The van der Waals surface area contributed by atoms with Gasteiger partial charge in [-0.25, -0.2) is 4.79 Å². The molecule has 1 aliphatic rings. The lowest BCUT2D eigenvalue weighted by Crippen LogP contribution is -2.09. The summed E-state index contributed by atoms with van der Waals surface area (Å²) in [5, 5.41) is 0. The summed E-state index contributed by atoms with van der Waals surface area (Å²) in [6.45, 7) is 1.98. The summed E-state index contributed by atoms with van der Waals surface area (Å²) in [6.07, 6.45) is 1.70. The minimum Gasteiger partial charge on any atom is -0.493 e. The second-order valence-electron chi connectivity index (χ2n) is 6.97. The summed E-state index contributed by atoms with van der Waals surface area (Å²) in [5.41, 5.74) is 2.68. The zero-order valence-electron chi connectivity index (χ0n) is 17.3. The number of ketones is 1. The number of aryl methyl sites for hydroxylation is 1. The lowest BCUT2D eigenvalue weighted by molar-refractivity contribution is 0.0734. The summed E-state index contributed by atoms with van der Waals surface area (Å²) >= 11 is 0. The van der Waals surface area contributed by atoms with E-state index in [4.69, 9.17) is 18.9 Å². The molecule has 0 bridgehead atoms. The first-order chi connectivity index (χ1) is 15.0. The van der Waals surface area contributed by atoms with Gasteiger partial charge in [0.15, 0.2) is 17.3 Å². The van der Waals surface area contributed by atoms with E-state index in [2.05, 4.69) is 0 Å². The molecule has 3 aromatic rings. The van der Waals surface area contributed by atoms with Crippen LogP contribution in [0.25, 0.3) is 6.08 Å². The number of hydrogen-bond donors (Lipinski definition) is 0. The maximum Gasteiger partial charge on any atom is 0.343 e. The number of hydrogen-bond acceptors (Lipinski definition) is 6. The van der Waals surface area contributed by atoms with Gasteiger partial charge in [0.05, 0.1) is 25.3 Å². The van der Waals surface area contributed by atoms with Crippen LogP contribution in [0.2, 0.25) is 0 Å². The summed E-state index contributed by atoms with van der Waals surface area (Å²) in [4.78, 5) is 25.2. The van der Waals surface area contributed by atoms with Crippen LogP contribution in [-0.2, 0) is 0 Å². The molecular weight excluding hydrogens is 396 g/mol. The summed E-state index contributed by atoms with van der Waals surface area (Å²) in [7, 11) is 3.01. The van der Waals surface area contributed by atoms with E-state index >= 15 is 0 Å². The highest BCUT2D eigenvalue weighted by Gasteiger charge is 2.28. The maximum atomic E-state index is 12.6. The average Bonchev–Trinajstić information content (AvgIpc) is 3.07. The molecule has 1 heterocycles. The fourth-order valence-corrected chi connectivity index (χ4v) is 3.27. The average molecular weight is 416 g/mol. The van der Waals surface area contributed by atoms with Crippen LogP contribution in [0.5, 0.6) is 23.0 Å². The van der Waals surface area contributed by atoms with Crippen molar-refractivity contribution in [3.63, 3.8) is 0 Å². The molecule has 6 nitrogen and oxygen atoms in total. The molecule has 0 spiro atoms. The van der Waals surface area contributed by atoms with E-state index < -0.39 is 5.97 Å². The fraction of sp³-hybridized carbons (Fsp3) is 0.120. The Morgan fingerprint density at radius 1 is 0.935 bits per heavy atom. The quantitative estimate of drug-likeness (QED) is 0.336. The van der Waals surface area contributed by atoms with E-state index in [-0.39, 0.29) is 17.3 Å². The lowest BCUT2D eigenvalue weighted by atomic mass is 10.1. The number of methoxy groups -OCH3 is 2. The number of rotatable bonds is 5. The largest absolute Gasteiger partial charge is 0.493 e. The zero-order valence-corrected chi connectivity index (χ0v) is 17.3. The Bertz CT molecular complexity index is 1210. The predicted molar refractivity (Wildman–Crippen MR) is 115 cm³/mol. The van der Waals surface area contributed by atoms with E-state index in [1.54, 1.807) is 30.3 Å². The summed E-state index contributed by atoms with van der Waals surface area (Å²) in [5.74, 6) is 0.992. The molecule has 1 aliphatic heterocycles. The van der Waals surface area contributed by atoms with Crippen molar-refractivity contribution >= 4 is 17.8 Å². The smallest absolute Gasteiger partial charge is 0.343 e. The zero-order chi connectivity index (χ0) is 22.0. The van der Waals surface area contributed by atoms with Crippen molar-refractivity contribution in [1.29, 1.82) is 0 Å². The Kier molecular flexibility index (Phi) is 5.45. The molecule has 3 aromatic carbocycles. The highest BCUT2D eigenvalue weighted by Crippen LogP contribution is 2.35. The van der Waals surface area contributed by atoms with Crippen LogP contribution in [0.1, 0.15) is 31.8 Å². The van der Waals surface area contributed by atoms with Gasteiger partial charge in [0.2, 0.25) is 5.78 Å². The Morgan fingerprint density at radius 2 is 1.74 bits per heavy atom. The molecule has 0 saturated carbocycles. The number of Topliss-reactive ketones (excluding diaryl/α,β-unsaturated/α-hetero) is 1. The van der Waals surface area contributed by atoms with Crippen LogP contribution in [0.3, 0.4) is 0 Å². The molecule has 0 radical (unpaired) electrons. The summed E-state index contributed by atoms with van der Waals surface area (Å²) in [6, 6.07) is 17.2. The topological polar surface area (TPSA) is 71.1 Å². The Morgan fingerprint density at radius 3 is 2.48 bits per heavy atom. The van der Waals surface area contributed by atoms with Crippen LogP contribution >= 0.6 is 0 Å². The number of benzene rings is 3. The Balaban J connectivity index is 1.54. The minimum atomic E-state index is -0.569. The predicted octanol–water partition coefficient (Wildman–Crippen LogP) is 4.85. The van der Waals surface area contributed by atoms with Crippen LogP contribution in [0.4, 0.5) is 0 Å². The van der Waals surface area contributed by atoms with Gasteiger partial charge in [0.25, 0.3) is 0 Å². The lowest BCUT2D eigenvalue weighted by Gasteiger charge is -2.10. The van der Waals surface area contributed by atoms with Crippen molar-refractivity contribution in [2.75, 3.05) is 14.2 Å². The van der Waals surface area contributed by atoms with Gasteiger partial charge in [0, 0.05) is 6.07 Å². The van der Waals surface area contributed by atoms with Gasteiger partial charge in [-0.15, -0.1) is 0 Å². The van der Waals surface area contributed by atoms with Crippen molar-refractivity contribution in [3.8, 4) is 23.0 Å². The number of fused-ring (bicyclic) bond motifs is 1. The molecule has 0 atom stereocenters. The van der Waals surface area contributed by atoms with E-state index in [0.717, 1.165) is 11.1 Å². The third-order valence-electron chi connectivity index (χ3n) is 4.81. The van der Waals surface area contributed by atoms with Crippen LogP contribution < -0.4 is 18.9 Å². The normalized spacial score (nSPS) is 13.5. The van der Waals surface area contributed by atoms with Crippen LogP contribution in [0, 0.1) is 6.92 Å². The van der Waals surface area contributed by atoms with Crippen molar-refractivity contribution < 1.29 is 28.5 Å². The molecule has 0 saturated heterocycles. The van der Waals surface area contributed by atoms with Gasteiger partial charge < -0.3 is 18.9 Å². The fourth-order valence-electron chi connectivity index (χ4n) is 3.27. The molecule has 0 unspecified atom stereocenters. The van der Waals surface area contributed by atoms with E-state index in [1.807, 2.05) is 31.2 Å². The molecule has 0 fully saturated rings. The van der Waals surface area contributed by atoms with Gasteiger partial charge >= 0.3 is 5.97 Å². The SMILES string of the molecule is COc1ccc(C(=O)Oc2ccc3c(c2)O/C(=C\c2cccc(C)c2)C3=O)cc1OC. The van der Waals surface area contributed by atoms with Gasteiger partial charge in [-0.1, -0.05) is 29.8 Å².